The van der Waals surface area contributed by atoms with Crippen molar-refractivity contribution in [1.29, 1.82) is 0 Å². The molecule has 21 heavy (non-hydrogen) atoms. The number of hydrogen-bond acceptors (Lipinski definition) is 7. The zero-order chi connectivity index (χ0) is 15.3. The predicted molar refractivity (Wildman–Crippen MR) is 82.4 cm³/mol. The topological polar surface area (TPSA) is 84.4 Å². The Morgan fingerprint density at radius 3 is 2.62 bits per heavy atom. The van der Waals surface area contributed by atoms with Crippen molar-refractivity contribution >= 4 is 21.5 Å². The summed E-state index contributed by atoms with van der Waals surface area (Å²) in [4.78, 5) is 10.9. The average Bonchev–Trinajstić information content (AvgIpc) is 2.45. The first-order valence-corrected chi connectivity index (χ1v) is 9.01. The molecule has 1 aliphatic heterocycles. The van der Waals surface area contributed by atoms with Crippen LogP contribution in [0.15, 0.2) is 6.07 Å². The minimum atomic E-state index is -2.89. The van der Waals surface area contributed by atoms with Crippen molar-refractivity contribution < 1.29 is 13.2 Å². The molecule has 0 bridgehead atoms. The molecule has 0 saturated carbocycles. The van der Waals surface area contributed by atoms with E-state index in [0.29, 0.717) is 32.1 Å². The van der Waals surface area contributed by atoms with Gasteiger partial charge in [0.25, 0.3) is 0 Å². The lowest BCUT2D eigenvalue weighted by molar-refractivity contribution is 0.128. The van der Waals surface area contributed by atoms with Crippen LogP contribution in [-0.2, 0) is 21.2 Å². The number of anilines is 2. The molecular formula is C13H22N4O3S. The van der Waals surface area contributed by atoms with Gasteiger partial charge in [-0.1, -0.05) is 0 Å². The SMILES string of the molecule is CCNc1cc(N2CCS(=O)(=O)CC2)nc(COCC)n1. The number of sulfone groups is 1. The third kappa shape index (κ3) is 4.53. The van der Waals surface area contributed by atoms with Gasteiger partial charge in [0.15, 0.2) is 15.7 Å². The fourth-order valence-electron chi connectivity index (χ4n) is 2.12. The van der Waals surface area contributed by atoms with Gasteiger partial charge in [-0.25, -0.2) is 18.4 Å². The number of nitrogens with zero attached hydrogens (tertiary/aromatic N) is 3. The van der Waals surface area contributed by atoms with E-state index in [1.807, 2.05) is 24.8 Å². The Hall–Kier alpha value is -1.41. The van der Waals surface area contributed by atoms with Crippen LogP contribution in [0.25, 0.3) is 0 Å². The zero-order valence-corrected chi connectivity index (χ0v) is 13.3. The van der Waals surface area contributed by atoms with Gasteiger partial charge in [0.2, 0.25) is 0 Å². The molecule has 0 spiro atoms. The maximum Gasteiger partial charge on any atom is 0.158 e. The standard InChI is InChI=1S/C13H22N4O3S/c1-3-14-11-9-13(16-12(15-11)10-20-4-2)17-5-7-21(18,19)8-6-17/h9H,3-8,10H2,1-2H3,(H,14,15,16). The average molecular weight is 314 g/mol. The number of rotatable bonds is 6. The third-order valence-electron chi connectivity index (χ3n) is 3.22. The van der Waals surface area contributed by atoms with Gasteiger partial charge >= 0.3 is 0 Å². The number of aromatic nitrogens is 2. The van der Waals surface area contributed by atoms with Crippen molar-refractivity contribution in [2.24, 2.45) is 0 Å². The Morgan fingerprint density at radius 2 is 2.00 bits per heavy atom. The van der Waals surface area contributed by atoms with E-state index in [4.69, 9.17) is 4.74 Å². The van der Waals surface area contributed by atoms with Gasteiger partial charge in [-0.2, -0.15) is 0 Å². The molecule has 1 aliphatic rings. The summed E-state index contributed by atoms with van der Waals surface area (Å²) in [5, 5.41) is 3.17. The first kappa shape index (κ1) is 16.0. The summed E-state index contributed by atoms with van der Waals surface area (Å²) in [5.41, 5.74) is 0. The molecule has 1 N–H and O–H groups in total. The van der Waals surface area contributed by atoms with E-state index in [1.54, 1.807) is 0 Å². The summed E-state index contributed by atoms with van der Waals surface area (Å²) in [6.45, 7) is 6.58. The second kappa shape index (κ2) is 7.04. The molecule has 0 aliphatic carbocycles. The van der Waals surface area contributed by atoms with Gasteiger partial charge in [-0.3, -0.25) is 0 Å². The van der Waals surface area contributed by atoms with Crippen LogP contribution in [0, 0.1) is 0 Å². The van der Waals surface area contributed by atoms with Crippen molar-refractivity contribution in [3.63, 3.8) is 0 Å². The van der Waals surface area contributed by atoms with Gasteiger partial charge in [-0.05, 0) is 13.8 Å². The molecule has 0 aromatic carbocycles. The maximum atomic E-state index is 11.5. The van der Waals surface area contributed by atoms with Gasteiger partial charge in [0.1, 0.15) is 18.2 Å². The summed E-state index contributed by atoms with van der Waals surface area (Å²) in [6.07, 6.45) is 0. The summed E-state index contributed by atoms with van der Waals surface area (Å²) >= 11 is 0. The molecular weight excluding hydrogens is 292 g/mol. The maximum absolute atomic E-state index is 11.5. The minimum absolute atomic E-state index is 0.175. The minimum Gasteiger partial charge on any atom is -0.374 e. The number of ether oxygens (including phenoxy) is 1. The first-order chi connectivity index (χ1) is 10.0. The van der Waals surface area contributed by atoms with Crippen LogP contribution in [0.4, 0.5) is 11.6 Å². The predicted octanol–water partition coefficient (Wildman–Crippen LogP) is 0.680. The van der Waals surface area contributed by atoms with Crippen LogP contribution in [0.2, 0.25) is 0 Å². The lowest BCUT2D eigenvalue weighted by atomic mass is 10.4. The normalized spacial score (nSPS) is 17.7. The lowest BCUT2D eigenvalue weighted by Gasteiger charge is -2.28. The van der Waals surface area contributed by atoms with Crippen LogP contribution >= 0.6 is 0 Å². The smallest absolute Gasteiger partial charge is 0.158 e. The molecule has 2 rings (SSSR count). The van der Waals surface area contributed by atoms with Crippen molar-refractivity contribution in [2.45, 2.75) is 20.5 Å². The van der Waals surface area contributed by atoms with Crippen molar-refractivity contribution in [2.75, 3.05) is 48.0 Å². The molecule has 7 nitrogen and oxygen atoms in total. The van der Waals surface area contributed by atoms with Gasteiger partial charge in [0.05, 0.1) is 11.5 Å². The third-order valence-corrected chi connectivity index (χ3v) is 4.83. The molecule has 0 radical (unpaired) electrons. The van der Waals surface area contributed by atoms with Crippen LogP contribution in [0.3, 0.4) is 0 Å². The van der Waals surface area contributed by atoms with Crippen LogP contribution in [0.5, 0.6) is 0 Å². The van der Waals surface area contributed by atoms with Crippen molar-refractivity contribution in [1.82, 2.24) is 9.97 Å². The van der Waals surface area contributed by atoms with Crippen LogP contribution < -0.4 is 10.2 Å². The Balaban J connectivity index is 2.19. The molecule has 0 amide bonds. The van der Waals surface area contributed by atoms with Crippen molar-refractivity contribution in [3.05, 3.63) is 11.9 Å². The molecule has 0 unspecified atom stereocenters. The van der Waals surface area contributed by atoms with Crippen molar-refractivity contribution in [3.8, 4) is 0 Å². The van der Waals surface area contributed by atoms with Gasteiger partial charge < -0.3 is 15.0 Å². The highest BCUT2D eigenvalue weighted by atomic mass is 32.2. The highest BCUT2D eigenvalue weighted by molar-refractivity contribution is 7.91. The fourth-order valence-corrected chi connectivity index (χ4v) is 3.32. The van der Waals surface area contributed by atoms with E-state index in [0.717, 1.165) is 18.2 Å². The van der Waals surface area contributed by atoms with Crippen LogP contribution in [0.1, 0.15) is 19.7 Å². The van der Waals surface area contributed by atoms with Gasteiger partial charge in [-0.15, -0.1) is 0 Å². The molecule has 8 heteroatoms. The Bertz CT molecular complexity index is 563. The summed E-state index contributed by atoms with van der Waals surface area (Å²) < 4.78 is 28.4. The van der Waals surface area contributed by atoms with E-state index in [2.05, 4.69) is 15.3 Å². The first-order valence-electron chi connectivity index (χ1n) is 7.19. The lowest BCUT2D eigenvalue weighted by Crippen LogP contribution is -2.40. The monoisotopic (exact) mass is 314 g/mol. The van der Waals surface area contributed by atoms with E-state index in [9.17, 15) is 8.42 Å². The Morgan fingerprint density at radius 1 is 1.29 bits per heavy atom. The highest BCUT2D eigenvalue weighted by Gasteiger charge is 2.23. The molecule has 1 aromatic rings. The second-order valence-electron chi connectivity index (χ2n) is 4.83. The van der Waals surface area contributed by atoms with Gasteiger partial charge in [0, 0.05) is 32.3 Å². The van der Waals surface area contributed by atoms with Crippen LogP contribution in [-0.4, -0.2) is 56.1 Å². The Kier molecular flexibility index (Phi) is 5.35. The number of nitrogens with one attached hydrogen (secondary N) is 1. The quantitative estimate of drug-likeness (QED) is 0.826. The number of hydrogen-bond donors (Lipinski definition) is 1. The zero-order valence-electron chi connectivity index (χ0n) is 12.5. The molecule has 0 atom stereocenters. The fraction of sp³-hybridized carbons (Fsp3) is 0.692. The highest BCUT2D eigenvalue weighted by Crippen LogP contribution is 2.19. The molecule has 2 heterocycles. The van der Waals surface area contributed by atoms with E-state index in [-0.39, 0.29) is 11.5 Å². The van der Waals surface area contributed by atoms with E-state index < -0.39 is 9.84 Å². The van der Waals surface area contributed by atoms with E-state index in [1.165, 1.54) is 0 Å². The molecule has 1 fully saturated rings. The molecule has 1 saturated heterocycles. The molecule has 118 valence electrons. The summed E-state index contributed by atoms with van der Waals surface area (Å²) in [6, 6.07) is 1.86. The molecule has 1 aromatic heterocycles. The second-order valence-corrected chi connectivity index (χ2v) is 7.14. The largest absolute Gasteiger partial charge is 0.374 e. The summed E-state index contributed by atoms with van der Waals surface area (Å²) in [5.74, 6) is 2.46. The van der Waals surface area contributed by atoms with E-state index >= 15 is 0 Å². The summed E-state index contributed by atoms with van der Waals surface area (Å²) in [7, 11) is -2.89. The Labute approximate surface area is 125 Å².